The molecule has 0 aliphatic rings. The molecule has 0 aliphatic heterocycles. The maximum atomic E-state index is 13.4. The predicted molar refractivity (Wildman–Crippen MR) is 134 cm³/mol. The number of esters is 1. The van der Waals surface area contributed by atoms with Crippen LogP contribution in [0.2, 0.25) is 0 Å². The van der Waals surface area contributed by atoms with Gasteiger partial charge in [0.15, 0.2) is 0 Å². The SMILES string of the molecule is CCOC(=O)C=C[C@](CO[C@H](C)c1cc(C(F)(F)F)cc(C(F)(F)F)c1)(NC(=O)OC(C)(C)C)c1ccccc1. The molecule has 2 aromatic rings. The zero-order chi connectivity index (χ0) is 30.4. The second-order valence-electron chi connectivity index (χ2n) is 9.84. The quantitative estimate of drug-likeness (QED) is 0.192. The summed E-state index contributed by atoms with van der Waals surface area (Å²) in [5, 5.41) is 2.64. The van der Waals surface area contributed by atoms with Crippen LogP contribution in [-0.4, -0.2) is 30.9 Å². The van der Waals surface area contributed by atoms with Crippen molar-refractivity contribution in [1.29, 1.82) is 0 Å². The van der Waals surface area contributed by atoms with Gasteiger partial charge in [0.1, 0.15) is 11.1 Å². The third-order valence-electron chi connectivity index (χ3n) is 5.44. The molecule has 0 saturated heterocycles. The van der Waals surface area contributed by atoms with Crippen molar-refractivity contribution in [3.8, 4) is 0 Å². The van der Waals surface area contributed by atoms with Gasteiger partial charge in [0.25, 0.3) is 0 Å². The molecule has 1 N–H and O–H groups in total. The number of nitrogens with one attached hydrogen (secondary N) is 1. The summed E-state index contributed by atoms with van der Waals surface area (Å²) in [5.74, 6) is -0.755. The Labute approximate surface area is 228 Å². The number of ether oxygens (including phenoxy) is 3. The zero-order valence-corrected chi connectivity index (χ0v) is 22.6. The number of rotatable bonds is 9. The topological polar surface area (TPSA) is 73.9 Å². The minimum absolute atomic E-state index is 0.0244. The highest BCUT2D eigenvalue weighted by Gasteiger charge is 2.38. The molecule has 0 heterocycles. The summed E-state index contributed by atoms with van der Waals surface area (Å²) in [4.78, 5) is 25.0. The van der Waals surface area contributed by atoms with Crippen molar-refractivity contribution in [2.45, 2.75) is 64.2 Å². The van der Waals surface area contributed by atoms with Gasteiger partial charge in [0, 0.05) is 6.08 Å². The number of carbonyl (C=O) groups is 2. The van der Waals surface area contributed by atoms with E-state index in [1.165, 1.54) is 13.0 Å². The number of benzene rings is 2. The third kappa shape index (κ3) is 9.58. The highest BCUT2D eigenvalue weighted by atomic mass is 19.4. The van der Waals surface area contributed by atoms with Crippen LogP contribution in [0.4, 0.5) is 31.1 Å². The molecule has 2 atom stereocenters. The van der Waals surface area contributed by atoms with Crippen molar-refractivity contribution in [3.63, 3.8) is 0 Å². The van der Waals surface area contributed by atoms with Crippen LogP contribution in [0.1, 0.15) is 63.0 Å². The van der Waals surface area contributed by atoms with Gasteiger partial charge in [-0.05, 0) is 70.0 Å². The standard InChI is InChI=1S/C28H31F6NO5/c1-6-38-23(36)12-13-26(20-10-8-7-9-11-20,35-24(37)40-25(3,4)5)17-39-18(2)19-14-21(27(29,30)31)16-22(15-19)28(32,33)34/h7-16,18H,6,17H2,1-5H3,(H,35,37)/t18-,26-/m1/s1. The second kappa shape index (κ2) is 12.8. The predicted octanol–water partition coefficient (Wildman–Crippen LogP) is 7.34. The van der Waals surface area contributed by atoms with Gasteiger partial charge in [-0.25, -0.2) is 9.59 Å². The number of hydrogen-bond donors (Lipinski definition) is 1. The van der Waals surface area contributed by atoms with Gasteiger partial charge in [-0.3, -0.25) is 0 Å². The monoisotopic (exact) mass is 575 g/mol. The van der Waals surface area contributed by atoms with Crippen LogP contribution in [-0.2, 0) is 36.9 Å². The van der Waals surface area contributed by atoms with Crippen molar-refractivity contribution >= 4 is 12.1 Å². The molecule has 220 valence electrons. The van der Waals surface area contributed by atoms with E-state index in [1.54, 1.807) is 58.0 Å². The summed E-state index contributed by atoms with van der Waals surface area (Å²) in [5.41, 5.74) is -5.55. The lowest BCUT2D eigenvalue weighted by Crippen LogP contribution is -2.49. The second-order valence-corrected chi connectivity index (χ2v) is 9.84. The van der Waals surface area contributed by atoms with E-state index < -0.39 is 65.0 Å². The highest BCUT2D eigenvalue weighted by Crippen LogP contribution is 2.38. The fourth-order valence-corrected chi connectivity index (χ4v) is 3.57. The summed E-state index contributed by atoms with van der Waals surface area (Å²) in [6.07, 6.45) is -9.99. The van der Waals surface area contributed by atoms with E-state index in [0.29, 0.717) is 17.7 Å². The number of carbonyl (C=O) groups excluding carboxylic acids is 2. The Morgan fingerprint density at radius 1 is 0.900 bits per heavy atom. The highest BCUT2D eigenvalue weighted by molar-refractivity contribution is 5.82. The zero-order valence-electron chi connectivity index (χ0n) is 22.6. The first kappa shape index (κ1) is 32.7. The Balaban J connectivity index is 2.56. The van der Waals surface area contributed by atoms with Gasteiger partial charge in [-0.2, -0.15) is 26.3 Å². The van der Waals surface area contributed by atoms with Crippen molar-refractivity contribution in [2.75, 3.05) is 13.2 Å². The molecule has 40 heavy (non-hydrogen) atoms. The molecule has 0 unspecified atom stereocenters. The Bertz CT molecular complexity index is 1160. The third-order valence-corrected chi connectivity index (χ3v) is 5.44. The minimum atomic E-state index is -5.04. The number of alkyl halides is 6. The molecule has 0 spiro atoms. The molecule has 12 heteroatoms. The lowest BCUT2D eigenvalue weighted by Gasteiger charge is -2.34. The van der Waals surface area contributed by atoms with E-state index in [2.05, 4.69) is 5.32 Å². The van der Waals surface area contributed by atoms with Crippen LogP contribution >= 0.6 is 0 Å². The van der Waals surface area contributed by atoms with E-state index >= 15 is 0 Å². The molecule has 0 fully saturated rings. The summed E-state index contributed by atoms with van der Waals surface area (Å²) in [6.45, 7) is 7.27. The van der Waals surface area contributed by atoms with Gasteiger partial charge in [0.2, 0.25) is 0 Å². The van der Waals surface area contributed by atoms with Crippen LogP contribution < -0.4 is 5.32 Å². The van der Waals surface area contributed by atoms with E-state index in [1.807, 2.05) is 0 Å². The Kier molecular flexibility index (Phi) is 10.4. The molecular weight excluding hydrogens is 544 g/mol. The molecule has 2 rings (SSSR count). The Morgan fingerprint density at radius 2 is 1.45 bits per heavy atom. The summed E-state index contributed by atoms with van der Waals surface area (Å²) >= 11 is 0. The first-order chi connectivity index (χ1) is 18.4. The summed E-state index contributed by atoms with van der Waals surface area (Å²) < 4.78 is 96.4. The Morgan fingerprint density at radius 3 is 1.93 bits per heavy atom. The summed E-state index contributed by atoms with van der Waals surface area (Å²) in [7, 11) is 0. The van der Waals surface area contributed by atoms with Gasteiger partial charge < -0.3 is 19.5 Å². The van der Waals surface area contributed by atoms with Crippen LogP contribution in [0.25, 0.3) is 0 Å². The van der Waals surface area contributed by atoms with Gasteiger partial charge >= 0.3 is 24.4 Å². The Hall–Kier alpha value is -3.54. The van der Waals surface area contributed by atoms with E-state index in [0.717, 1.165) is 6.08 Å². The van der Waals surface area contributed by atoms with Gasteiger partial charge in [0.05, 0.1) is 30.4 Å². The molecular formula is C28H31F6NO5. The molecule has 0 radical (unpaired) electrons. The molecule has 6 nitrogen and oxygen atoms in total. The minimum Gasteiger partial charge on any atom is -0.463 e. The number of amides is 1. The molecule has 0 saturated carbocycles. The number of alkyl carbamates (subject to hydrolysis) is 1. The van der Waals surface area contributed by atoms with E-state index in [4.69, 9.17) is 14.2 Å². The maximum absolute atomic E-state index is 13.4. The lowest BCUT2D eigenvalue weighted by molar-refractivity contribution is -0.143. The number of hydrogen-bond acceptors (Lipinski definition) is 5. The number of halogens is 6. The lowest BCUT2D eigenvalue weighted by atomic mass is 9.89. The maximum Gasteiger partial charge on any atom is 0.416 e. The van der Waals surface area contributed by atoms with Crippen molar-refractivity contribution in [3.05, 3.63) is 82.9 Å². The van der Waals surface area contributed by atoms with Gasteiger partial charge in [-0.15, -0.1) is 0 Å². The average molecular weight is 576 g/mol. The molecule has 0 bridgehead atoms. The van der Waals surface area contributed by atoms with Crippen molar-refractivity contribution < 1.29 is 50.1 Å². The van der Waals surface area contributed by atoms with E-state index in [9.17, 15) is 35.9 Å². The fourth-order valence-electron chi connectivity index (χ4n) is 3.57. The largest absolute Gasteiger partial charge is 0.463 e. The van der Waals surface area contributed by atoms with Crippen LogP contribution in [0, 0.1) is 0 Å². The van der Waals surface area contributed by atoms with Crippen molar-refractivity contribution in [1.82, 2.24) is 5.32 Å². The van der Waals surface area contributed by atoms with Crippen LogP contribution in [0.15, 0.2) is 60.7 Å². The molecule has 0 aliphatic carbocycles. The van der Waals surface area contributed by atoms with Gasteiger partial charge in [-0.1, -0.05) is 30.3 Å². The fraction of sp³-hybridized carbons (Fsp3) is 0.429. The normalized spacial score (nSPS) is 14.9. The molecule has 1 amide bonds. The molecule has 0 aromatic heterocycles. The van der Waals surface area contributed by atoms with Crippen LogP contribution in [0.5, 0.6) is 0 Å². The smallest absolute Gasteiger partial charge is 0.416 e. The summed E-state index contributed by atoms with van der Waals surface area (Å²) in [6, 6.07) is 9.29. The molecule has 2 aromatic carbocycles. The average Bonchev–Trinajstić information content (AvgIpc) is 2.83. The van der Waals surface area contributed by atoms with Crippen molar-refractivity contribution in [2.24, 2.45) is 0 Å². The van der Waals surface area contributed by atoms with E-state index in [-0.39, 0.29) is 12.7 Å². The van der Waals surface area contributed by atoms with Crippen LogP contribution in [0.3, 0.4) is 0 Å². The first-order valence-electron chi connectivity index (χ1n) is 12.2. The first-order valence-corrected chi connectivity index (χ1v) is 12.2.